The van der Waals surface area contributed by atoms with Crippen LogP contribution in [0.25, 0.3) is 0 Å². The fourth-order valence-electron chi connectivity index (χ4n) is 1.70. The van der Waals surface area contributed by atoms with E-state index in [1.807, 2.05) is 42.5 Å². The number of carbonyl (C=O) groups excluding carboxylic acids is 1. The maximum absolute atomic E-state index is 12.0. The van der Waals surface area contributed by atoms with Crippen LogP contribution in [0.4, 0.5) is 0 Å². The van der Waals surface area contributed by atoms with E-state index in [4.69, 9.17) is 4.74 Å². The second kappa shape index (κ2) is 7.13. The Balaban J connectivity index is 1.84. The van der Waals surface area contributed by atoms with Gasteiger partial charge in [-0.2, -0.15) is 0 Å². The van der Waals surface area contributed by atoms with Gasteiger partial charge in [0, 0.05) is 0 Å². The van der Waals surface area contributed by atoms with Crippen molar-refractivity contribution in [3.05, 3.63) is 65.7 Å². The van der Waals surface area contributed by atoms with Crippen molar-refractivity contribution in [2.75, 3.05) is 7.11 Å². The molecule has 0 saturated carbocycles. The first-order valence-corrected chi connectivity index (χ1v) is 8.51. The summed E-state index contributed by atoms with van der Waals surface area (Å²) in [5, 5.41) is 1.66. The Labute approximate surface area is 120 Å². The summed E-state index contributed by atoms with van der Waals surface area (Å²) >= 11 is 0.318. The van der Waals surface area contributed by atoms with E-state index in [9.17, 15) is 4.79 Å². The third kappa shape index (κ3) is 4.23. The first kappa shape index (κ1) is 13.9. The Morgan fingerprint density at radius 3 is 2.37 bits per heavy atom. The Morgan fingerprint density at radius 1 is 1.05 bits per heavy atom. The number of hydrogen-bond acceptors (Lipinski definition) is 2. The van der Waals surface area contributed by atoms with Gasteiger partial charge in [0.05, 0.1) is 0 Å². The van der Waals surface area contributed by atoms with Gasteiger partial charge in [-0.3, -0.25) is 0 Å². The summed E-state index contributed by atoms with van der Waals surface area (Å²) in [4.78, 5) is 12.0. The van der Waals surface area contributed by atoms with E-state index in [2.05, 4.69) is 12.1 Å². The van der Waals surface area contributed by atoms with Crippen molar-refractivity contribution in [3.8, 4) is 5.75 Å². The van der Waals surface area contributed by atoms with E-state index in [1.165, 1.54) is 5.56 Å². The molecule has 0 atom stereocenters. The topological polar surface area (TPSA) is 26.3 Å². The van der Waals surface area contributed by atoms with Crippen molar-refractivity contribution < 1.29 is 9.53 Å². The molecule has 0 N–H and O–H groups in total. The predicted molar refractivity (Wildman–Crippen MR) is 78.0 cm³/mol. The molecule has 2 aromatic rings. The quantitative estimate of drug-likeness (QED) is 0.604. The molecule has 0 spiro atoms. The molecule has 0 aliphatic heterocycles. The van der Waals surface area contributed by atoms with Crippen LogP contribution in [0.5, 0.6) is 5.75 Å². The third-order valence-electron chi connectivity index (χ3n) is 2.76. The molecule has 2 aromatic carbocycles. The maximum atomic E-state index is 12.0. The van der Waals surface area contributed by atoms with Crippen LogP contribution in [0, 0.1) is 0 Å². The molecule has 0 radical (unpaired) electrons. The summed E-state index contributed by atoms with van der Waals surface area (Å²) in [6.45, 7) is 0. The average molecular weight is 319 g/mol. The number of ketones is 1. The van der Waals surface area contributed by atoms with Crippen LogP contribution in [0.1, 0.15) is 15.9 Å². The molecule has 19 heavy (non-hydrogen) atoms. The summed E-state index contributed by atoms with van der Waals surface area (Å²) < 4.78 is 5.08. The van der Waals surface area contributed by atoms with Crippen LogP contribution in [0.15, 0.2) is 54.6 Å². The second-order valence-corrected chi connectivity index (χ2v) is 6.20. The number of ether oxygens (including phenoxy) is 1. The second-order valence-electron chi connectivity index (χ2n) is 4.13. The molecule has 2 nitrogen and oxygen atoms in total. The molecule has 0 amide bonds. The normalized spacial score (nSPS) is 10.2. The summed E-state index contributed by atoms with van der Waals surface area (Å²) in [6, 6.07) is 17.6. The predicted octanol–water partition coefficient (Wildman–Crippen LogP) is 3.20. The molecule has 0 bridgehead atoms. The summed E-state index contributed by atoms with van der Waals surface area (Å²) in [7, 11) is 1.62. The van der Waals surface area contributed by atoms with Crippen molar-refractivity contribution in [1.82, 2.24) is 0 Å². The molecule has 0 saturated heterocycles. The molecular formula is C16H16O2Se. The molecular weight excluding hydrogens is 303 g/mol. The van der Waals surface area contributed by atoms with Crippen molar-refractivity contribution in [2.45, 2.75) is 10.6 Å². The molecule has 3 heteroatoms. The Bertz CT molecular complexity index is 520. The van der Waals surface area contributed by atoms with Crippen LogP contribution >= 0.6 is 0 Å². The van der Waals surface area contributed by atoms with Gasteiger partial charge < -0.3 is 0 Å². The van der Waals surface area contributed by atoms with Gasteiger partial charge in [-0.25, -0.2) is 0 Å². The minimum absolute atomic E-state index is 0.221. The monoisotopic (exact) mass is 320 g/mol. The van der Waals surface area contributed by atoms with E-state index in [0.29, 0.717) is 20.3 Å². The zero-order valence-electron chi connectivity index (χ0n) is 10.8. The van der Waals surface area contributed by atoms with Gasteiger partial charge in [0.1, 0.15) is 0 Å². The molecule has 0 aliphatic carbocycles. The molecule has 0 aromatic heterocycles. The van der Waals surface area contributed by atoms with Crippen molar-refractivity contribution in [3.63, 3.8) is 0 Å². The van der Waals surface area contributed by atoms with Crippen LogP contribution < -0.4 is 4.74 Å². The zero-order chi connectivity index (χ0) is 13.5. The molecule has 0 fully saturated rings. The number of methoxy groups -OCH3 is 1. The molecule has 0 heterocycles. The van der Waals surface area contributed by atoms with Crippen LogP contribution in [-0.2, 0) is 5.32 Å². The number of Topliss-reactive ketones (excluding diaryl/α,β-unsaturated/α-hetero) is 1. The number of hydrogen-bond donors (Lipinski definition) is 0. The van der Waals surface area contributed by atoms with E-state index in [0.717, 1.165) is 16.6 Å². The average Bonchev–Trinajstić information content (AvgIpc) is 2.48. The van der Waals surface area contributed by atoms with Crippen molar-refractivity contribution in [2.24, 2.45) is 0 Å². The number of rotatable bonds is 6. The Morgan fingerprint density at radius 2 is 1.74 bits per heavy atom. The van der Waals surface area contributed by atoms with E-state index in [1.54, 1.807) is 7.11 Å². The van der Waals surface area contributed by atoms with Crippen LogP contribution in [0.2, 0.25) is 5.32 Å². The van der Waals surface area contributed by atoms with Crippen LogP contribution in [-0.4, -0.2) is 27.8 Å². The SMILES string of the molecule is COc1ccc(C(=O)C[Se]Cc2ccccc2)cc1. The summed E-state index contributed by atoms with van der Waals surface area (Å²) in [6.07, 6.45) is 0. The van der Waals surface area contributed by atoms with Gasteiger partial charge in [-0.1, -0.05) is 0 Å². The van der Waals surface area contributed by atoms with E-state index in [-0.39, 0.29) is 5.78 Å². The van der Waals surface area contributed by atoms with Crippen molar-refractivity contribution >= 4 is 20.7 Å². The fourth-order valence-corrected chi connectivity index (χ4v) is 3.55. The number of carbonyl (C=O) groups is 1. The van der Waals surface area contributed by atoms with Gasteiger partial charge in [0.15, 0.2) is 0 Å². The van der Waals surface area contributed by atoms with Gasteiger partial charge >= 0.3 is 119 Å². The van der Waals surface area contributed by atoms with Gasteiger partial charge in [-0.05, 0) is 0 Å². The first-order valence-electron chi connectivity index (χ1n) is 6.08. The molecule has 0 aliphatic rings. The standard InChI is InChI=1S/C16H16O2Se/c1-18-15-9-7-14(8-10-15)16(17)12-19-11-13-5-3-2-4-6-13/h2-10H,11-12H2,1H3. The van der Waals surface area contributed by atoms with Crippen molar-refractivity contribution in [1.29, 1.82) is 0 Å². The van der Waals surface area contributed by atoms with Crippen LogP contribution in [0.3, 0.4) is 0 Å². The zero-order valence-corrected chi connectivity index (χ0v) is 12.5. The molecule has 0 unspecified atom stereocenters. The summed E-state index contributed by atoms with van der Waals surface area (Å²) in [5.41, 5.74) is 2.08. The minimum atomic E-state index is 0.221. The van der Waals surface area contributed by atoms with Gasteiger partial charge in [-0.15, -0.1) is 0 Å². The third-order valence-corrected chi connectivity index (χ3v) is 4.86. The van der Waals surface area contributed by atoms with Gasteiger partial charge in [0.25, 0.3) is 0 Å². The first-order chi connectivity index (χ1) is 9.29. The van der Waals surface area contributed by atoms with E-state index < -0.39 is 0 Å². The number of benzene rings is 2. The van der Waals surface area contributed by atoms with Gasteiger partial charge in [0.2, 0.25) is 0 Å². The molecule has 98 valence electrons. The molecule has 2 rings (SSSR count). The summed E-state index contributed by atoms with van der Waals surface area (Å²) in [5.74, 6) is 1.00. The Hall–Kier alpha value is -1.57. The Kier molecular flexibility index (Phi) is 5.19. The van der Waals surface area contributed by atoms with E-state index >= 15 is 0 Å². The fraction of sp³-hybridized carbons (Fsp3) is 0.188.